The summed E-state index contributed by atoms with van der Waals surface area (Å²) >= 11 is 0. The second-order valence-corrected chi connectivity index (χ2v) is 11.8. The second kappa shape index (κ2) is 13.5. The molecule has 10 heteroatoms. The number of hydrogen-bond acceptors (Lipinski definition) is 4. The van der Waals surface area contributed by atoms with Gasteiger partial charge in [0.2, 0.25) is 10.0 Å². The number of carbonyl (C=O) groups is 1. The maximum absolute atomic E-state index is 13.1. The fourth-order valence-corrected chi connectivity index (χ4v) is 6.32. The van der Waals surface area contributed by atoms with Crippen molar-refractivity contribution in [2.24, 2.45) is 5.92 Å². The summed E-state index contributed by atoms with van der Waals surface area (Å²) in [5.74, 6) is -1.15. The van der Waals surface area contributed by atoms with Crippen LogP contribution in [-0.4, -0.2) is 31.6 Å². The molecular formula is C31H32F3NO5S. The van der Waals surface area contributed by atoms with Crippen LogP contribution in [0.15, 0.2) is 95.9 Å². The van der Waals surface area contributed by atoms with Gasteiger partial charge in [-0.25, -0.2) is 13.1 Å². The number of carboxylic acids is 1. The summed E-state index contributed by atoms with van der Waals surface area (Å²) in [5.41, 5.74) is 2.23. The van der Waals surface area contributed by atoms with Crippen LogP contribution >= 0.6 is 0 Å². The van der Waals surface area contributed by atoms with Crippen LogP contribution in [0.1, 0.15) is 43.2 Å². The minimum atomic E-state index is -4.56. The first kappa shape index (κ1) is 30.5. The van der Waals surface area contributed by atoms with E-state index >= 15 is 0 Å². The monoisotopic (exact) mass is 587 g/mol. The van der Waals surface area contributed by atoms with Crippen molar-refractivity contribution in [2.45, 2.75) is 61.9 Å². The summed E-state index contributed by atoms with van der Waals surface area (Å²) in [7, 11) is -4.08. The summed E-state index contributed by atoms with van der Waals surface area (Å²) in [6.07, 6.45) is 0.641. The second-order valence-electron chi connectivity index (χ2n) is 10.0. The van der Waals surface area contributed by atoms with Gasteiger partial charge >= 0.3 is 12.1 Å². The topological polar surface area (TPSA) is 92.7 Å². The average molecular weight is 588 g/mol. The molecule has 1 aliphatic carbocycles. The van der Waals surface area contributed by atoms with Crippen LogP contribution in [0.3, 0.4) is 0 Å². The van der Waals surface area contributed by atoms with Crippen molar-refractivity contribution in [3.8, 4) is 11.1 Å². The zero-order valence-electron chi connectivity index (χ0n) is 22.3. The first-order valence-corrected chi connectivity index (χ1v) is 14.8. The molecular weight excluding hydrogens is 555 g/mol. The predicted octanol–water partition coefficient (Wildman–Crippen LogP) is 6.83. The minimum absolute atomic E-state index is 0.00987. The number of carboxylic acid groups (broad SMARTS) is 1. The van der Waals surface area contributed by atoms with E-state index in [1.807, 2.05) is 60.7 Å². The molecule has 4 rings (SSSR count). The zero-order valence-corrected chi connectivity index (χ0v) is 23.1. The summed E-state index contributed by atoms with van der Waals surface area (Å²) in [6, 6.07) is 20.9. The van der Waals surface area contributed by atoms with Gasteiger partial charge in [-0.3, -0.25) is 4.79 Å². The van der Waals surface area contributed by atoms with Crippen LogP contribution in [0.5, 0.6) is 0 Å². The third-order valence-corrected chi connectivity index (χ3v) is 8.69. The molecule has 2 N–H and O–H groups in total. The van der Waals surface area contributed by atoms with Crippen molar-refractivity contribution in [3.05, 3.63) is 102 Å². The molecule has 0 radical (unpaired) electrons. The van der Waals surface area contributed by atoms with Gasteiger partial charge in [0, 0.05) is 18.4 Å². The lowest BCUT2D eigenvalue weighted by Gasteiger charge is -2.25. The Labute approximate surface area is 237 Å². The van der Waals surface area contributed by atoms with E-state index < -0.39 is 33.8 Å². The zero-order chi connectivity index (χ0) is 29.5. The Morgan fingerprint density at radius 1 is 0.927 bits per heavy atom. The van der Waals surface area contributed by atoms with E-state index in [2.05, 4.69) is 4.72 Å². The van der Waals surface area contributed by atoms with Gasteiger partial charge in [0.1, 0.15) is 0 Å². The van der Waals surface area contributed by atoms with Gasteiger partial charge in [-0.05, 0) is 66.6 Å². The number of alkyl halides is 3. The van der Waals surface area contributed by atoms with Gasteiger partial charge in [0.25, 0.3) is 0 Å². The fraction of sp³-hybridized carbons (Fsp3) is 0.323. The van der Waals surface area contributed by atoms with E-state index in [1.165, 1.54) is 0 Å². The van der Waals surface area contributed by atoms with Crippen molar-refractivity contribution in [1.29, 1.82) is 0 Å². The first-order chi connectivity index (χ1) is 19.5. The predicted molar refractivity (Wildman–Crippen MR) is 149 cm³/mol. The molecule has 1 aliphatic rings. The van der Waals surface area contributed by atoms with E-state index in [1.54, 1.807) is 6.08 Å². The van der Waals surface area contributed by atoms with Crippen LogP contribution in [0.4, 0.5) is 13.2 Å². The molecule has 0 unspecified atom stereocenters. The Morgan fingerprint density at radius 2 is 1.59 bits per heavy atom. The van der Waals surface area contributed by atoms with Crippen molar-refractivity contribution in [1.82, 2.24) is 4.72 Å². The number of sulfonamides is 1. The summed E-state index contributed by atoms with van der Waals surface area (Å²) in [5, 5.41) is 8.87. The number of nitrogens with one attached hydrogen (secondary N) is 1. The van der Waals surface area contributed by atoms with Crippen LogP contribution in [0, 0.1) is 5.92 Å². The number of ether oxygens (including phenoxy) is 1. The highest BCUT2D eigenvalue weighted by molar-refractivity contribution is 7.89. The van der Waals surface area contributed by atoms with Gasteiger partial charge in [-0.15, -0.1) is 0 Å². The molecule has 0 aromatic heterocycles. The molecule has 3 aromatic carbocycles. The Balaban J connectivity index is 1.44. The van der Waals surface area contributed by atoms with Crippen molar-refractivity contribution in [2.75, 3.05) is 0 Å². The summed E-state index contributed by atoms with van der Waals surface area (Å²) in [6.45, 7) is 0.331. The quantitative estimate of drug-likeness (QED) is 0.227. The number of aliphatic carboxylic acids is 1. The molecule has 0 aliphatic heterocycles. The highest BCUT2D eigenvalue weighted by Crippen LogP contribution is 2.34. The highest BCUT2D eigenvalue weighted by Gasteiger charge is 2.39. The Morgan fingerprint density at radius 3 is 2.22 bits per heavy atom. The summed E-state index contributed by atoms with van der Waals surface area (Å²) < 4.78 is 73.9. The third-order valence-electron chi connectivity index (χ3n) is 7.18. The van der Waals surface area contributed by atoms with Crippen molar-refractivity contribution >= 4 is 16.0 Å². The number of benzene rings is 3. The average Bonchev–Trinajstić information content (AvgIpc) is 3.32. The number of rotatable bonds is 12. The van der Waals surface area contributed by atoms with Crippen molar-refractivity contribution < 1.29 is 36.2 Å². The number of hydrogen-bond donors (Lipinski definition) is 2. The molecule has 0 amide bonds. The van der Waals surface area contributed by atoms with Gasteiger partial charge in [0.05, 0.1) is 23.2 Å². The van der Waals surface area contributed by atoms with Gasteiger partial charge < -0.3 is 9.84 Å². The smallest absolute Gasteiger partial charge is 0.416 e. The van der Waals surface area contributed by atoms with Crippen LogP contribution < -0.4 is 4.72 Å². The number of allylic oxidation sites excluding steroid dienone is 2. The largest absolute Gasteiger partial charge is 0.481 e. The number of halogens is 3. The van der Waals surface area contributed by atoms with Crippen molar-refractivity contribution in [3.63, 3.8) is 0 Å². The first-order valence-electron chi connectivity index (χ1n) is 13.4. The van der Waals surface area contributed by atoms with E-state index in [4.69, 9.17) is 9.84 Å². The maximum Gasteiger partial charge on any atom is 0.416 e. The third kappa shape index (κ3) is 8.51. The SMILES string of the molecule is O=C(O)CCC=CC[C@@H]1[C@@H](NS(=O)(=O)c2ccc(C(F)(F)F)cc2)CC[C@@H]1OCc1ccc(-c2ccccc2)cc1. The van der Waals surface area contributed by atoms with E-state index in [9.17, 15) is 26.4 Å². The lowest BCUT2D eigenvalue weighted by molar-refractivity contribution is -0.138. The molecule has 1 fully saturated rings. The van der Waals surface area contributed by atoms with E-state index in [0.717, 1.165) is 41.0 Å². The Bertz CT molecular complexity index is 1420. The van der Waals surface area contributed by atoms with E-state index in [-0.39, 0.29) is 23.3 Å². The lowest BCUT2D eigenvalue weighted by atomic mass is 9.97. The van der Waals surface area contributed by atoms with Crippen LogP contribution in [0.25, 0.3) is 11.1 Å². The Kier molecular flexibility index (Phi) is 10.0. The van der Waals surface area contributed by atoms with Gasteiger partial charge in [0.15, 0.2) is 0 Å². The molecule has 218 valence electrons. The van der Waals surface area contributed by atoms with Crippen LogP contribution in [-0.2, 0) is 32.3 Å². The molecule has 3 atom stereocenters. The maximum atomic E-state index is 13.1. The highest BCUT2D eigenvalue weighted by atomic mass is 32.2. The summed E-state index contributed by atoms with van der Waals surface area (Å²) in [4.78, 5) is 10.6. The van der Waals surface area contributed by atoms with Crippen LogP contribution in [0.2, 0.25) is 0 Å². The molecule has 0 spiro atoms. The minimum Gasteiger partial charge on any atom is -0.481 e. The van der Waals surface area contributed by atoms with Gasteiger partial charge in [-0.2, -0.15) is 13.2 Å². The fourth-order valence-electron chi connectivity index (χ4n) is 5.00. The molecule has 3 aromatic rings. The molecule has 0 saturated heterocycles. The molecule has 0 heterocycles. The molecule has 41 heavy (non-hydrogen) atoms. The molecule has 0 bridgehead atoms. The molecule has 6 nitrogen and oxygen atoms in total. The van der Waals surface area contributed by atoms with Gasteiger partial charge in [-0.1, -0.05) is 66.7 Å². The molecule has 1 saturated carbocycles. The Hall–Kier alpha value is -3.47. The van der Waals surface area contributed by atoms with E-state index in [0.29, 0.717) is 32.3 Å². The standard InChI is InChI=1S/C31H32F3NO5S/c32-31(33,34)25-15-17-26(18-16-25)41(38,39)35-28-19-20-29(27(28)9-5-2-6-10-30(36)37)40-21-22-11-13-24(14-12-22)23-7-3-1-4-8-23/h1-5,7-8,11-18,27-29,35H,6,9-10,19-21H2,(H,36,37)/t27-,28+,29+/m1/s1. The lowest BCUT2D eigenvalue weighted by Crippen LogP contribution is -2.39. The normalized spacial score (nSPS) is 19.5.